The summed E-state index contributed by atoms with van der Waals surface area (Å²) < 4.78 is 0. The van der Waals surface area contributed by atoms with Crippen molar-refractivity contribution >= 4 is 5.91 Å². The van der Waals surface area contributed by atoms with Crippen LogP contribution in [0.5, 0.6) is 0 Å². The van der Waals surface area contributed by atoms with Gasteiger partial charge in [0.1, 0.15) is 0 Å². The first-order valence-corrected chi connectivity index (χ1v) is 7.53. The van der Waals surface area contributed by atoms with Gasteiger partial charge in [0.05, 0.1) is 0 Å². The highest BCUT2D eigenvalue weighted by Crippen LogP contribution is 2.14. The van der Waals surface area contributed by atoms with E-state index in [-0.39, 0.29) is 11.8 Å². The van der Waals surface area contributed by atoms with Crippen molar-refractivity contribution < 1.29 is 4.79 Å². The quantitative estimate of drug-likeness (QED) is 0.537. The zero-order valence-electron chi connectivity index (χ0n) is 12.1. The van der Waals surface area contributed by atoms with Crippen LogP contribution in [0.2, 0.25) is 0 Å². The van der Waals surface area contributed by atoms with Gasteiger partial charge in [0.2, 0.25) is 5.91 Å². The first kappa shape index (κ1) is 16.5. The van der Waals surface area contributed by atoms with Crippen LogP contribution >= 0.6 is 0 Å². The largest absolute Gasteiger partial charge is 0.356 e. The molecule has 0 aromatic rings. The lowest BCUT2D eigenvalue weighted by Gasteiger charge is -2.14. The molecule has 2 heteroatoms. The number of amides is 1. The van der Waals surface area contributed by atoms with Gasteiger partial charge in [0.15, 0.2) is 0 Å². The number of carbonyl (C=O) groups is 1. The second-order valence-electron chi connectivity index (χ2n) is 4.95. The second kappa shape index (κ2) is 11.9. The SMILES string of the molecule is CCCCCCC(CC)C(=O)NCCCCC. The van der Waals surface area contributed by atoms with E-state index in [0.29, 0.717) is 0 Å². The zero-order valence-corrected chi connectivity index (χ0v) is 12.1. The summed E-state index contributed by atoms with van der Waals surface area (Å²) in [6, 6.07) is 0. The number of carbonyl (C=O) groups excluding carboxylic acids is 1. The van der Waals surface area contributed by atoms with E-state index in [1.165, 1.54) is 38.5 Å². The highest BCUT2D eigenvalue weighted by atomic mass is 16.1. The lowest BCUT2D eigenvalue weighted by molar-refractivity contribution is -0.125. The molecule has 0 aliphatic heterocycles. The molecule has 0 aliphatic carbocycles. The average molecular weight is 241 g/mol. The summed E-state index contributed by atoms with van der Waals surface area (Å²) in [5.41, 5.74) is 0. The molecule has 17 heavy (non-hydrogen) atoms. The minimum Gasteiger partial charge on any atom is -0.356 e. The van der Waals surface area contributed by atoms with Gasteiger partial charge in [-0.3, -0.25) is 4.79 Å². The molecule has 0 rings (SSSR count). The topological polar surface area (TPSA) is 29.1 Å². The van der Waals surface area contributed by atoms with E-state index in [0.717, 1.165) is 25.8 Å². The molecule has 0 heterocycles. The van der Waals surface area contributed by atoms with Crippen LogP contribution in [-0.4, -0.2) is 12.5 Å². The summed E-state index contributed by atoms with van der Waals surface area (Å²) in [4.78, 5) is 11.9. The molecule has 0 aliphatic rings. The molecule has 0 bridgehead atoms. The summed E-state index contributed by atoms with van der Waals surface area (Å²) in [7, 11) is 0. The smallest absolute Gasteiger partial charge is 0.223 e. The number of nitrogens with one attached hydrogen (secondary N) is 1. The van der Waals surface area contributed by atoms with E-state index < -0.39 is 0 Å². The minimum absolute atomic E-state index is 0.244. The van der Waals surface area contributed by atoms with Crippen molar-refractivity contribution in [2.75, 3.05) is 6.54 Å². The van der Waals surface area contributed by atoms with Crippen LogP contribution in [0.25, 0.3) is 0 Å². The van der Waals surface area contributed by atoms with Gasteiger partial charge < -0.3 is 5.32 Å². The molecular formula is C15H31NO. The maximum Gasteiger partial charge on any atom is 0.223 e. The molecule has 0 saturated carbocycles. The fraction of sp³-hybridized carbons (Fsp3) is 0.933. The molecule has 1 amide bonds. The van der Waals surface area contributed by atoms with Crippen molar-refractivity contribution in [1.29, 1.82) is 0 Å². The number of unbranched alkanes of at least 4 members (excludes halogenated alkanes) is 5. The number of rotatable bonds is 11. The van der Waals surface area contributed by atoms with E-state index in [1.807, 2.05) is 0 Å². The molecule has 1 N–H and O–H groups in total. The Bertz CT molecular complexity index is 180. The average Bonchev–Trinajstić information content (AvgIpc) is 2.34. The summed E-state index contributed by atoms with van der Waals surface area (Å²) in [5.74, 6) is 0.522. The minimum atomic E-state index is 0.244. The van der Waals surface area contributed by atoms with Gasteiger partial charge in [-0.1, -0.05) is 59.3 Å². The highest BCUT2D eigenvalue weighted by molar-refractivity contribution is 5.78. The Labute approximate surface area is 108 Å². The van der Waals surface area contributed by atoms with Crippen LogP contribution in [0.1, 0.15) is 78.6 Å². The third-order valence-electron chi connectivity index (χ3n) is 3.35. The Morgan fingerprint density at radius 3 is 2.18 bits per heavy atom. The molecular weight excluding hydrogens is 210 g/mol. The van der Waals surface area contributed by atoms with Gasteiger partial charge in [-0.15, -0.1) is 0 Å². The summed E-state index contributed by atoms with van der Waals surface area (Å²) in [6.07, 6.45) is 10.6. The predicted molar refractivity (Wildman–Crippen MR) is 75.1 cm³/mol. The van der Waals surface area contributed by atoms with Crippen molar-refractivity contribution in [2.45, 2.75) is 78.6 Å². The second-order valence-corrected chi connectivity index (χ2v) is 4.95. The standard InChI is InChI=1S/C15H31NO/c1-4-7-9-10-12-14(6-3)15(17)16-13-11-8-5-2/h14H,4-13H2,1-3H3,(H,16,17). The van der Waals surface area contributed by atoms with Crippen molar-refractivity contribution in [3.05, 3.63) is 0 Å². The van der Waals surface area contributed by atoms with Crippen molar-refractivity contribution in [1.82, 2.24) is 5.32 Å². The first-order chi connectivity index (χ1) is 8.26. The molecule has 102 valence electrons. The van der Waals surface area contributed by atoms with Crippen LogP contribution in [0.4, 0.5) is 0 Å². The lowest BCUT2D eigenvalue weighted by atomic mass is 9.97. The molecule has 0 fully saturated rings. The Morgan fingerprint density at radius 1 is 0.941 bits per heavy atom. The fourth-order valence-electron chi connectivity index (χ4n) is 2.07. The summed E-state index contributed by atoms with van der Waals surface area (Å²) in [5, 5.41) is 3.07. The Hall–Kier alpha value is -0.530. The fourth-order valence-corrected chi connectivity index (χ4v) is 2.07. The molecule has 2 nitrogen and oxygen atoms in total. The lowest BCUT2D eigenvalue weighted by Crippen LogP contribution is -2.31. The molecule has 0 aromatic carbocycles. The Morgan fingerprint density at radius 2 is 1.59 bits per heavy atom. The molecule has 1 atom stereocenters. The van der Waals surface area contributed by atoms with E-state index in [9.17, 15) is 4.79 Å². The molecule has 0 spiro atoms. The zero-order chi connectivity index (χ0) is 12.9. The van der Waals surface area contributed by atoms with Gasteiger partial charge >= 0.3 is 0 Å². The van der Waals surface area contributed by atoms with Gasteiger partial charge in [-0.2, -0.15) is 0 Å². The van der Waals surface area contributed by atoms with Crippen molar-refractivity contribution in [2.24, 2.45) is 5.92 Å². The third-order valence-corrected chi connectivity index (χ3v) is 3.35. The molecule has 1 unspecified atom stereocenters. The molecule has 0 radical (unpaired) electrons. The van der Waals surface area contributed by atoms with Gasteiger partial charge in [0, 0.05) is 12.5 Å². The van der Waals surface area contributed by atoms with Crippen LogP contribution in [0.15, 0.2) is 0 Å². The highest BCUT2D eigenvalue weighted by Gasteiger charge is 2.14. The first-order valence-electron chi connectivity index (χ1n) is 7.53. The van der Waals surface area contributed by atoms with Crippen molar-refractivity contribution in [3.8, 4) is 0 Å². The number of hydrogen-bond acceptors (Lipinski definition) is 1. The van der Waals surface area contributed by atoms with Crippen LogP contribution in [0.3, 0.4) is 0 Å². The van der Waals surface area contributed by atoms with E-state index >= 15 is 0 Å². The van der Waals surface area contributed by atoms with Crippen LogP contribution in [0, 0.1) is 5.92 Å². The molecule has 0 saturated heterocycles. The maximum atomic E-state index is 11.9. The summed E-state index contributed by atoms with van der Waals surface area (Å²) in [6.45, 7) is 7.39. The van der Waals surface area contributed by atoms with Crippen LogP contribution in [-0.2, 0) is 4.79 Å². The van der Waals surface area contributed by atoms with Crippen molar-refractivity contribution in [3.63, 3.8) is 0 Å². The summed E-state index contributed by atoms with van der Waals surface area (Å²) >= 11 is 0. The Kier molecular flexibility index (Phi) is 11.6. The van der Waals surface area contributed by atoms with E-state index in [1.54, 1.807) is 0 Å². The number of hydrogen-bond donors (Lipinski definition) is 1. The maximum absolute atomic E-state index is 11.9. The monoisotopic (exact) mass is 241 g/mol. The predicted octanol–water partition coefficient (Wildman–Crippen LogP) is 4.29. The Balaban J connectivity index is 3.64. The molecule has 0 aromatic heterocycles. The normalized spacial score (nSPS) is 12.4. The third kappa shape index (κ3) is 9.20. The van der Waals surface area contributed by atoms with Crippen LogP contribution < -0.4 is 5.32 Å². The van der Waals surface area contributed by atoms with Gasteiger partial charge in [0.25, 0.3) is 0 Å². The van der Waals surface area contributed by atoms with E-state index in [2.05, 4.69) is 26.1 Å². The van der Waals surface area contributed by atoms with Gasteiger partial charge in [-0.05, 0) is 19.3 Å². The van der Waals surface area contributed by atoms with Gasteiger partial charge in [-0.25, -0.2) is 0 Å². The van der Waals surface area contributed by atoms with E-state index in [4.69, 9.17) is 0 Å².